The molecule has 0 radical (unpaired) electrons. The van der Waals surface area contributed by atoms with Crippen molar-refractivity contribution < 1.29 is 0 Å². The number of piperidine rings is 1. The van der Waals surface area contributed by atoms with Gasteiger partial charge < -0.3 is 4.90 Å². The molecular weight excluding hydrogens is 134 g/mol. The summed E-state index contributed by atoms with van der Waals surface area (Å²) in [6.07, 6.45) is 5.86. The molecule has 0 atom stereocenters. The minimum absolute atomic E-state index is 1.21. The van der Waals surface area contributed by atoms with E-state index in [2.05, 4.69) is 25.5 Å². The Bertz CT molecular complexity index is 179. The number of rotatable bonds is 1. The van der Waals surface area contributed by atoms with E-state index in [1.165, 1.54) is 37.1 Å². The molecule has 0 amide bonds. The lowest BCUT2D eigenvalue weighted by molar-refractivity contribution is 0.342. The van der Waals surface area contributed by atoms with Gasteiger partial charge in [-0.2, -0.15) is 0 Å². The van der Waals surface area contributed by atoms with Crippen LogP contribution < -0.4 is 0 Å². The van der Waals surface area contributed by atoms with Crippen molar-refractivity contribution >= 4 is 0 Å². The molecule has 0 spiro atoms. The van der Waals surface area contributed by atoms with Gasteiger partial charge >= 0.3 is 0 Å². The topological polar surface area (TPSA) is 3.24 Å². The first-order chi connectivity index (χ1) is 5.25. The van der Waals surface area contributed by atoms with Crippen LogP contribution in [0.5, 0.6) is 0 Å². The first kappa shape index (κ1) is 8.38. The molecule has 0 N–H and O–H groups in total. The van der Waals surface area contributed by atoms with Crippen molar-refractivity contribution in [1.82, 2.24) is 4.90 Å². The largest absolute Gasteiger partial charge is 0.378 e. The van der Waals surface area contributed by atoms with Crippen molar-refractivity contribution in [3.8, 4) is 0 Å². The molecule has 0 unspecified atom stereocenters. The molecule has 0 aromatic rings. The van der Waals surface area contributed by atoms with Gasteiger partial charge in [0, 0.05) is 19.3 Å². The monoisotopic (exact) mass is 151 g/mol. The predicted octanol–water partition coefficient (Wildman–Crippen LogP) is 2.56. The Morgan fingerprint density at radius 3 is 2.82 bits per heavy atom. The summed E-state index contributed by atoms with van der Waals surface area (Å²) >= 11 is 0. The molecule has 62 valence electrons. The highest BCUT2D eigenvalue weighted by molar-refractivity contribution is 5.21. The van der Waals surface area contributed by atoms with Crippen LogP contribution in [0.25, 0.3) is 0 Å². The summed E-state index contributed by atoms with van der Waals surface area (Å²) in [7, 11) is 2.17. The van der Waals surface area contributed by atoms with Crippen LogP contribution in [0.3, 0.4) is 0 Å². The van der Waals surface area contributed by atoms with E-state index in [9.17, 15) is 0 Å². The second-order valence-electron chi connectivity index (χ2n) is 3.21. The molecule has 0 aliphatic carbocycles. The van der Waals surface area contributed by atoms with Crippen LogP contribution in [-0.2, 0) is 0 Å². The van der Waals surface area contributed by atoms with Crippen molar-refractivity contribution in [2.75, 3.05) is 13.6 Å². The Hall–Kier alpha value is -0.720. The molecule has 1 nitrogen and oxygen atoms in total. The molecule has 0 aromatic carbocycles. The van der Waals surface area contributed by atoms with Crippen molar-refractivity contribution in [1.29, 1.82) is 0 Å². The highest BCUT2D eigenvalue weighted by atomic mass is 15.1. The zero-order valence-electron chi connectivity index (χ0n) is 7.56. The first-order valence-corrected chi connectivity index (χ1v) is 4.29. The predicted molar refractivity (Wildman–Crippen MR) is 49.4 cm³/mol. The fraction of sp³-hybridized carbons (Fsp3) is 0.600. The van der Waals surface area contributed by atoms with Crippen LogP contribution in [0.1, 0.15) is 26.2 Å². The smallest absolute Gasteiger partial charge is 0.0171 e. The van der Waals surface area contributed by atoms with E-state index >= 15 is 0 Å². The maximum Gasteiger partial charge on any atom is 0.0171 e. The van der Waals surface area contributed by atoms with Gasteiger partial charge in [0.25, 0.3) is 0 Å². The number of hydrogen-bond donors (Lipinski definition) is 0. The van der Waals surface area contributed by atoms with Crippen LogP contribution in [0, 0.1) is 0 Å². The molecule has 1 aliphatic heterocycles. The Morgan fingerprint density at radius 1 is 1.55 bits per heavy atom. The highest BCUT2D eigenvalue weighted by Gasteiger charge is 2.11. The summed E-state index contributed by atoms with van der Waals surface area (Å²) in [5, 5.41) is 0. The molecular formula is C10H17N. The van der Waals surface area contributed by atoms with Gasteiger partial charge in [0.15, 0.2) is 0 Å². The molecule has 1 heteroatoms. The van der Waals surface area contributed by atoms with Crippen LogP contribution >= 0.6 is 0 Å². The van der Waals surface area contributed by atoms with Crippen molar-refractivity contribution in [3.05, 3.63) is 23.9 Å². The third-order valence-corrected chi connectivity index (χ3v) is 2.38. The Kier molecular flexibility index (Phi) is 2.75. The molecule has 1 rings (SSSR count). The average Bonchev–Trinajstić information content (AvgIpc) is 2.04. The van der Waals surface area contributed by atoms with Crippen molar-refractivity contribution in [2.24, 2.45) is 0 Å². The van der Waals surface area contributed by atoms with E-state index in [0.29, 0.717) is 0 Å². The maximum atomic E-state index is 3.79. The van der Waals surface area contributed by atoms with Gasteiger partial charge in [-0.1, -0.05) is 12.7 Å². The summed E-state index contributed by atoms with van der Waals surface area (Å²) in [6.45, 7) is 7.14. The van der Waals surface area contributed by atoms with E-state index in [1.54, 1.807) is 0 Å². The molecule has 1 saturated heterocycles. The third-order valence-electron chi connectivity index (χ3n) is 2.38. The molecule has 0 aromatic heterocycles. The number of nitrogens with zero attached hydrogens (tertiary/aromatic N) is 1. The van der Waals surface area contributed by atoms with Gasteiger partial charge in [-0.3, -0.25) is 0 Å². The molecule has 0 saturated carbocycles. The fourth-order valence-electron chi connectivity index (χ4n) is 1.58. The Balaban J connectivity index is 2.75. The van der Waals surface area contributed by atoms with Crippen LogP contribution in [0.2, 0.25) is 0 Å². The lowest BCUT2D eigenvalue weighted by Gasteiger charge is -2.28. The lowest BCUT2D eigenvalue weighted by Crippen LogP contribution is -2.24. The summed E-state index contributed by atoms with van der Waals surface area (Å²) in [5.41, 5.74) is 2.82. The molecule has 1 fully saturated rings. The number of hydrogen-bond acceptors (Lipinski definition) is 1. The molecule has 1 heterocycles. The zero-order valence-corrected chi connectivity index (χ0v) is 7.56. The third kappa shape index (κ3) is 1.86. The van der Waals surface area contributed by atoms with Gasteiger partial charge in [-0.05, 0) is 31.8 Å². The fourth-order valence-corrected chi connectivity index (χ4v) is 1.58. The van der Waals surface area contributed by atoms with Gasteiger partial charge in [-0.15, -0.1) is 0 Å². The molecule has 1 aliphatic rings. The maximum absolute atomic E-state index is 3.79. The highest BCUT2D eigenvalue weighted by Crippen LogP contribution is 2.21. The zero-order chi connectivity index (χ0) is 8.27. The summed E-state index contributed by atoms with van der Waals surface area (Å²) in [4.78, 5) is 2.35. The minimum Gasteiger partial charge on any atom is -0.378 e. The number of likely N-dealkylation sites (tertiary alicyclic amines) is 1. The summed E-state index contributed by atoms with van der Waals surface area (Å²) in [5.74, 6) is 0. The van der Waals surface area contributed by atoms with E-state index < -0.39 is 0 Å². The lowest BCUT2D eigenvalue weighted by atomic mass is 10.0. The van der Waals surface area contributed by atoms with E-state index in [0.717, 1.165) is 0 Å². The van der Waals surface area contributed by atoms with E-state index in [-0.39, 0.29) is 0 Å². The van der Waals surface area contributed by atoms with Crippen molar-refractivity contribution in [3.63, 3.8) is 0 Å². The second-order valence-corrected chi connectivity index (χ2v) is 3.21. The van der Waals surface area contributed by atoms with Gasteiger partial charge in [0.1, 0.15) is 0 Å². The van der Waals surface area contributed by atoms with Crippen molar-refractivity contribution in [2.45, 2.75) is 26.2 Å². The molecule has 11 heavy (non-hydrogen) atoms. The summed E-state index contributed by atoms with van der Waals surface area (Å²) in [6, 6.07) is 0. The SMILES string of the molecule is C=C/C(C)=C1/CCCCN1C. The minimum atomic E-state index is 1.21. The molecule has 0 bridgehead atoms. The van der Waals surface area contributed by atoms with Crippen LogP contribution in [0.15, 0.2) is 23.9 Å². The Morgan fingerprint density at radius 2 is 2.27 bits per heavy atom. The first-order valence-electron chi connectivity index (χ1n) is 4.29. The van der Waals surface area contributed by atoms with Gasteiger partial charge in [0.05, 0.1) is 0 Å². The summed E-state index contributed by atoms with van der Waals surface area (Å²) < 4.78 is 0. The normalized spacial score (nSPS) is 23.3. The standard InChI is InChI=1S/C10H17N/c1-4-9(2)10-7-5-6-8-11(10)3/h4H,1,5-8H2,2-3H3/b10-9-. The van der Waals surface area contributed by atoms with Gasteiger partial charge in [-0.25, -0.2) is 0 Å². The average molecular weight is 151 g/mol. The van der Waals surface area contributed by atoms with E-state index in [1.807, 2.05) is 6.08 Å². The van der Waals surface area contributed by atoms with Crippen LogP contribution in [0.4, 0.5) is 0 Å². The van der Waals surface area contributed by atoms with Crippen LogP contribution in [-0.4, -0.2) is 18.5 Å². The van der Waals surface area contributed by atoms with E-state index in [4.69, 9.17) is 0 Å². The van der Waals surface area contributed by atoms with Gasteiger partial charge in [0.2, 0.25) is 0 Å². The quantitative estimate of drug-likeness (QED) is 0.556. The second kappa shape index (κ2) is 3.61. The number of allylic oxidation sites excluding steroid dienone is 3. The Labute approximate surface area is 69.4 Å².